The Hall–Kier alpha value is -1.09. The van der Waals surface area contributed by atoms with E-state index in [0.717, 1.165) is 12.8 Å². The van der Waals surface area contributed by atoms with Crippen molar-refractivity contribution < 1.29 is 4.79 Å². The maximum atomic E-state index is 11.9. The van der Waals surface area contributed by atoms with Gasteiger partial charge in [-0.15, -0.1) is 0 Å². The number of likely N-dealkylation sites (N-methyl/N-ethyl adjacent to an activating group) is 1. The summed E-state index contributed by atoms with van der Waals surface area (Å²) in [6, 6.07) is 1.68. The molecule has 2 rings (SSSR count). The minimum Gasteiger partial charge on any atom is -0.339 e. The molecule has 0 radical (unpaired) electrons. The molecule has 2 fully saturated rings. The zero-order chi connectivity index (χ0) is 12.3. The van der Waals surface area contributed by atoms with E-state index in [1.165, 1.54) is 12.8 Å². The Labute approximate surface area is 104 Å². The van der Waals surface area contributed by atoms with Crippen molar-refractivity contribution in [2.75, 3.05) is 7.05 Å². The predicted octanol–water partition coefficient (Wildman–Crippen LogP) is 1.86. The van der Waals surface area contributed by atoms with Crippen molar-refractivity contribution in [1.29, 1.82) is 0 Å². The van der Waals surface area contributed by atoms with Gasteiger partial charge in [0.05, 0.1) is 0 Å². The van der Waals surface area contributed by atoms with Crippen molar-refractivity contribution in [2.24, 2.45) is 0 Å². The zero-order valence-electron chi connectivity index (χ0n) is 10.7. The first kappa shape index (κ1) is 12.4. The molecule has 17 heavy (non-hydrogen) atoms. The minimum absolute atomic E-state index is 0.120. The summed E-state index contributed by atoms with van der Waals surface area (Å²) in [6.07, 6.45) is 12.0. The van der Waals surface area contributed by atoms with E-state index < -0.39 is 0 Å². The van der Waals surface area contributed by atoms with Gasteiger partial charge in [0.1, 0.15) is 0 Å². The summed E-state index contributed by atoms with van der Waals surface area (Å²) in [5.74, 6) is 0.120. The number of rotatable bonds is 3. The SMILES string of the molecule is CC=CC=CC(=O)N(C)C1CC2CCC(C1)N2. The van der Waals surface area contributed by atoms with Gasteiger partial charge in [0.2, 0.25) is 5.91 Å². The van der Waals surface area contributed by atoms with Crippen LogP contribution in [0.2, 0.25) is 0 Å². The molecule has 0 aromatic heterocycles. The Kier molecular flexibility index (Phi) is 4.00. The standard InChI is InChI=1S/C14H22N2O/c1-3-4-5-6-14(17)16(2)13-9-11-7-8-12(10-13)15-11/h3-6,11-13,15H,7-10H2,1-2H3. The van der Waals surface area contributed by atoms with Crippen molar-refractivity contribution in [2.45, 2.75) is 50.7 Å². The van der Waals surface area contributed by atoms with Crippen molar-refractivity contribution in [3.05, 3.63) is 24.3 Å². The Balaban J connectivity index is 1.91. The Bertz CT molecular complexity index is 323. The molecule has 1 N–H and O–H groups in total. The number of nitrogens with one attached hydrogen (secondary N) is 1. The highest BCUT2D eigenvalue weighted by atomic mass is 16.2. The lowest BCUT2D eigenvalue weighted by atomic mass is 9.98. The van der Waals surface area contributed by atoms with Crippen LogP contribution < -0.4 is 5.32 Å². The van der Waals surface area contributed by atoms with Crippen molar-refractivity contribution in [3.8, 4) is 0 Å². The van der Waals surface area contributed by atoms with Crippen LogP contribution in [0.15, 0.2) is 24.3 Å². The van der Waals surface area contributed by atoms with E-state index in [9.17, 15) is 4.79 Å². The number of nitrogens with zero attached hydrogens (tertiary/aromatic N) is 1. The first-order valence-corrected chi connectivity index (χ1v) is 6.53. The fourth-order valence-corrected chi connectivity index (χ4v) is 2.89. The molecular weight excluding hydrogens is 212 g/mol. The molecule has 2 bridgehead atoms. The first-order valence-electron chi connectivity index (χ1n) is 6.53. The summed E-state index contributed by atoms with van der Waals surface area (Å²) in [7, 11) is 1.93. The summed E-state index contributed by atoms with van der Waals surface area (Å²) < 4.78 is 0. The Morgan fingerprint density at radius 1 is 1.24 bits per heavy atom. The third kappa shape index (κ3) is 2.97. The number of fused-ring (bicyclic) bond motifs is 2. The van der Waals surface area contributed by atoms with Crippen LogP contribution in [0.4, 0.5) is 0 Å². The first-order chi connectivity index (χ1) is 8.20. The van der Waals surface area contributed by atoms with Gasteiger partial charge >= 0.3 is 0 Å². The van der Waals surface area contributed by atoms with Gasteiger partial charge in [-0.2, -0.15) is 0 Å². The topological polar surface area (TPSA) is 32.3 Å². The number of allylic oxidation sites excluding steroid dienone is 3. The van der Waals surface area contributed by atoms with E-state index in [1.807, 2.05) is 37.1 Å². The van der Waals surface area contributed by atoms with Crippen molar-refractivity contribution >= 4 is 5.91 Å². The fourth-order valence-electron chi connectivity index (χ4n) is 2.89. The monoisotopic (exact) mass is 234 g/mol. The van der Waals surface area contributed by atoms with Gasteiger partial charge in [0.15, 0.2) is 0 Å². The average Bonchev–Trinajstić information content (AvgIpc) is 2.67. The molecular formula is C14H22N2O. The van der Waals surface area contributed by atoms with E-state index in [-0.39, 0.29) is 5.91 Å². The van der Waals surface area contributed by atoms with Crippen LogP contribution in [0, 0.1) is 0 Å². The van der Waals surface area contributed by atoms with Crippen molar-refractivity contribution in [1.82, 2.24) is 10.2 Å². The summed E-state index contributed by atoms with van der Waals surface area (Å²) in [5, 5.41) is 3.60. The molecule has 94 valence electrons. The second-order valence-electron chi connectivity index (χ2n) is 5.10. The summed E-state index contributed by atoms with van der Waals surface area (Å²) in [5.41, 5.74) is 0. The van der Waals surface area contributed by atoms with Gasteiger partial charge in [0, 0.05) is 31.2 Å². The third-order valence-electron chi connectivity index (χ3n) is 3.89. The largest absolute Gasteiger partial charge is 0.339 e. The van der Waals surface area contributed by atoms with E-state index in [4.69, 9.17) is 0 Å². The van der Waals surface area contributed by atoms with E-state index in [2.05, 4.69) is 5.32 Å². The minimum atomic E-state index is 0.120. The highest BCUT2D eigenvalue weighted by Gasteiger charge is 2.35. The Morgan fingerprint density at radius 3 is 2.47 bits per heavy atom. The van der Waals surface area contributed by atoms with Crippen LogP contribution in [0.5, 0.6) is 0 Å². The van der Waals surface area contributed by atoms with Gasteiger partial charge in [0.25, 0.3) is 0 Å². The maximum absolute atomic E-state index is 11.9. The molecule has 2 saturated heterocycles. The molecule has 0 aromatic carbocycles. The van der Waals surface area contributed by atoms with Gasteiger partial charge in [-0.1, -0.05) is 18.2 Å². The normalized spacial score (nSPS) is 32.5. The molecule has 0 saturated carbocycles. The second-order valence-corrected chi connectivity index (χ2v) is 5.10. The lowest BCUT2D eigenvalue weighted by Crippen LogP contribution is -2.48. The molecule has 0 aromatic rings. The predicted molar refractivity (Wildman–Crippen MR) is 69.7 cm³/mol. The smallest absolute Gasteiger partial charge is 0.246 e. The molecule has 2 atom stereocenters. The Morgan fingerprint density at radius 2 is 1.88 bits per heavy atom. The van der Waals surface area contributed by atoms with E-state index in [1.54, 1.807) is 6.08 Å². The number of carbonyl (C=O) groups excluding carboxylic acids is 1. The van der Waals surface area contributed by atoms with Crippen LogP contribution in [0.3, 0.4) is 0 Å². The fraction of sp³-hybridized carbons (Fsp3) is 0.643. The summed E-state index contributed by atoms with van der Waals surface area (Å²) >= 11 is 0. The van der Waals surface area contributed by atoms with Crippen LogP contribution in [-0.4, -0.2) is 36.0 Å². The number of hydrogen-bond acceptors (Lipinski definition) is 2. The average molecular weight is 234 g/mol. The van der Waals surface area contributed by atoms with E-state index >= 15 is 0 Å². The quantitative estimate of drug-likeness (QED) is 0.597. The second kappa shape index (κ2) is 5.50. The molecule has 3 heteroatoms. The van der Waals surface area contributed by atoms with E-state index in [0.29, 0.717) is 18.1 Å². The van der Waals surface area contributed by atoms with Gasteiger partial charge in [-0.3, -0.25) is 4.79 Å². The third-order valence-corrected chi connectivity index (χ3v) is 3.89. The lowest BCUT2D eigenvalue weighted by molar-refractivity contribution is -0.127. The number of carbonyl (C=O) groups is 1. The highest BCUT2D eigenvalue weighted by molar-refractivity contribution is 5.87. The zero-order valence-corrected chi connectivity index (χ0v) is 10.7. The summed E-state index contributed by atoms with van der Waals surface area (Å²) in [4.78, 5) is 13.8. The molecule has 2 aliphatic heterocycles. The molecule has 3 nitrogen and oxygen atoms in total. The summed E-state index contributed by atoms with van der Waals surface area (Å²) in [6.45, 7) is 1.95. The van der Waals surface area contributed by atoms with Crippen LogP contribution in [0.25, 0.3) is 0 Å². The molecule has 0 aliphatic carbocycles. The van der Waals surface area contributed by atoms with Crippen molar-refractivity contribution in [3.63, 3.8) is 0 Å². The molecule has 2 heterocycles. The van der Waals surface area contributed by atoms with Crippen LogP contribution in [-0.2, 0) is 4.79 Å². The van der Waals surface area contributed by atoms with Crippen LogP contribution >= 0.6 is 0 Å². The number of hydrogen-bond donors (Lipinski definition) is 1. The van der Waals surface area contributed by atoms with Gasteiger partial charge in [-0.05, 0) is 32.6 Å². The molecule has 2 aliphatic rings. The van der Waals surface area contributed by atoms with Gasteiger partial charge < -0.3 is 10.2 Å². The maximum Gasteiger partial charge on any atom is 0.246 e. The number of amides is 1. The van der Waals surface area contributed by atoms with Gasteiger partial charge in [-0.25, -0.2) is 0 Å². The molecule has 1 amide bonds. The number of piperidine rings is 1. The van der Waals surface area contributed by atoms with Crippen LogP contribution in [0.1, 0.15) is 32.6 Å². The highest BCUT2D eigenvalue weighted by Crippen LogP contribution is 2.29. The molecule has 0 spiro atoms. The lowest BCUT2D eigenvalue weighted by Gasteiger charge is -2.35. The molecule has 2 unspecified atom stereocenters.